The molecule has 2 aliphatic rings. The molecule has 0 unspecified atom stereocenters. The monoisotopic (exact) mass is 583 g/mol. The molecule has 216 valence electrons. The largest absolute Gasteiger partial charge is 0.419 e. The van der Waals surface area contributed by atoms with E-state index in [1.165, 1.54) is 35.7 Å². The summed E-state index contributed by atoms with van der Waals surface area (Å²) >= 11 is 1.65. The molecular formula is C28H31F6N5S. The van der Waals surface area contributed by atoms with Crippen LogP contribution in [-0.2, 0) is 12.4 Å². The van der Waals surface area contributed by atoms with E-state index >= 15 is 0 Å². The predicted molar refractivity (Wildman–Crippen MR) is 148 cm³/mol. The number of thioether (sulfide) groups is 1. The zero-order chi connectivity index (χ0) is 28.9. The van der Waals surface area contributed by atoms with Gasteiger partial charge in [-0.15, -0.1) is 11.8 Å². The van der Waals surface area contributed by atoms with Crippen LogP contribution in [-0.4, -0.2) is 34.1 Å². The minimum atomic E-state index is -4.57. The van der Waals surface area contributed by atoms with Crippen molar-refractivity contribution in [2.75, 3.05) is 23.3 Å². The summed E-state index contributed by atoms with van der Waals surface area (Å²) in [6.45, 7) is 2.19. The molecule has 12 heteroatoms. The summed E-state index contributed by atoms with van der Waals surface area (Å²) in [6.07, 6.45) is -1.71. The number of pyridine rings is 1. The zero-order valence-corrected chi connectivity index (χ0v) is 22.8. The van der Waals surface area contributed by atoms with Gasteiger partial charge in [0.1, 0.15) is 11.6 Å². The summed E-state index contributed by atoms with van der Waals surface area (Å²) in [5.41, 5.74) is -0.535. The first-order valence-corrected chi connectivity index (χ1v) is 14.0. The smallest absolute Gasteiger partial charge is 0.355 e. The van der Waals surface area contributed by atoms with Crippen LogP contribution in [0.25, 0.3) is 0 Å². The maximum Gasteiger partial charge on any atom is 0.419 e. The van der Waals surface area contributed by atoms with Crippen molar-refractivity contribution in [2.45, 2.75) is 69.5 Å². The molecule has 2 aromatic rings. The van der Waals surface area contributed by atoms with Crippen LogP contribution >= 0.6 is 11.8 Å². The number of halogens is 6. The Morgan fingerprint density at radius 1 is 0.975 bits per heavy atom. The molecule has 0 radical (unpaired) electrons. The number of alkyl halides is 6. The third-order valence-electron chi connectivity index (χ3n) is 6.94. The van der Waals surface area contributed by atoms with Gasteiger partial charge in [0, 0.05) is 47.9 Å². The Hall–Kier alpha value is -3.02. The van der Waals surface area contributed by atoms with E-state index in [4.69, 9.17) is 10.4 Å². The van der Waals surface area contributed by atoms with Crippen LogP contribution in [0.3, 0.4) is 0 Å². The van der Waals surface area contributed by atoms with Crippen LogP contribution in [0, 0.1) is 5.41 Å². The van der Waals surface area contributed by atoms with Gasteiger partial charge in [0.2, 0.25) is 0 Å². The lowest BCUT2D eigenvalue weighted by atomic mass is 10.0. The van der Waals surface area contributed by atoms with Crippen molar-refractivity contribution in [1.29, 1.82) is 5.41 Å². The average molecular weight is 584 g/mol. The standard InChI is InChI=1S/C28H31F6N5S/c1-18(40-21-6-3-2-4-7-21)37-25(38-20-11-9-19(10-12-20)27(29,30)31)22-13-16-39(17-14-24(22)35)26-23(28(32,33)34)8-5-15-36-26/h5,8-12,15,21,35,38H,2-4,6-7,13-14,16-17H2,1H3/b25-22+,35-24?,37-18+. The normalized spacial score (nSPS) is 19.4. The summed E-state index contributed by atoms with van der Waals surface area (Å²) in [5.74, 6) is 0.137. The van der Waals surface area contributed by atoms with Crippen LogP contribution < -0.4 is 10.2 Å². The Bertz CT molecular complexity index is 1250. The predicted octanol–water partition coefficient (Wildman–Crippen LogP) is 8.55. The maximum absolute atomic E-state index is 13.6. The second kappa shape index (κ2) is 12.7. The molecule has 1 aliphatic carbocycles. The van der Waals surface area contributed by atoms with Gasteiger partial charge in [-0.1, -0.05) is 19.3 Å². The highest BCUT2D eigenvalue weighted by molar-refractivity contribution is 8.14. The average Bonchev–Trinajstić information content (AvgIpc) is 3.09. The number of rotatable bonds is 5. The summed E-state index contributed by atoms with van der Waals surface area (Å²) in [6, 6.07) is 6.78. The molecule has 1 saturated heterocycles. The zero-order valence-electron chi connectivity index (χ0n) is 22.0. The molecule has 0 spiro atoms. The Kier molecular flexibility index (Phi) is 9.48. The van der Waals surface area contributed by atoms with Crippen molar-refractivity contribution in [3.63, 3.8) is 0 Å². The number of benzene rings is 1. The molecule has 2 N–H and O–H groups in total. The van der Waals surface area contributed by atoms with Crippen molar-refractivity contribution >= 4 is 34.0 Å². The third-order valence-corrected chi connectivity index (χ3v) is 8.18. The van der Waals surface area contributed by atoms with E-state index in [9.17, 15) is 26.3 Å². The van der Waals surface area contributed by atoms with Gasteiger partial charge in [-0.3, -0.25) is 0 Å². The Morgan fingerprint density at radius 3 is 2.30 bits per heavy atom. The molecular weight excluding hydrogens is 552 g/mol. The highest BCUT2D eigenvalue weighted by Crippen LogP contribution is 2.37. The summed E-state index contributed by atoms with van der Waals surface area (Å²) in [4.78, 5) is 10.3. The first kappa shape index (κ1) is 30.0. The van der Waals surface area contributed by atoms with Gasteiger partial charge in [0.05, 0.1) is 16.2 Å². The van der Waals surface area contributed by atoms with Crippen LogP contribution in [0.1, 0.15) is 63.0 Å². The van der Waals surface area contributed by atoms with Gasteiger partial charge >= 0.3 is 12.4 Å². The van der Waals surface area contributed by atoms with E-state index in [2.05, 4.69) is 10.3 Å². The van der Waals surface area contributed by atoms with E-state index in [1.807, 2.05) is 6.92 Å². The number of anilines is 2. The molecule has 4 rings (SSSR count). The van der Waals surface area contributed by atoms with Crippen LogP contribution in [0.4, 0.5) is 37.8 Å². The van der Waals surface area contributed by atoms with Gasteiger partial charge in [-0.05, 0) is 62.6 Å². The summed E-state index contributed by atoms with van der Waals surface area (Å²) in [5, 5.41) is 13.0. The topological polar surface area (TPSA) is 64.4 Å². The first-order chi connectivity index (χ1) is 18.9. The van der Waals surface area contributed by atoms with Crippen molar-refractivity contribution < 1.29 is 26.3 Å². The van der Waals surface area contributed by atoms with Gasteiger partial charge in [0.15, 0.2) is 0 Å². The highest BCUT2D eigenvalue weighted by Gasteiger charge is 2.36. The maximum atomic E-state index is 13.6. The molecule has 0 amide bonds. The fourth-order valence-electron chi connectivity index (χ4n) is 4.91. The van der Waals surface area contributed by atoms with Crippen molar-refractivity contribution in [2.24, 2.45) is 4.99 Å². The van der Waals surface area contributed by atoms with E-state index < -0.39 is 23.5 Å². The second-order valence-corrected chi connectivity index (χ2v) is 11.4. The summed E-state index contributed by atoms with van der Waals surface area (Å²) < 4.78 is 80.2. The molecule has 1 saturated carbocycles. The second-order valence-electron chi connectivity index (χ2n) is 9.87. The molecule has 2 fully saturated rings. The van der Waals surface area contributed by atoms with Crippen molar-refractivity contribution in [3.05, 3.63) is 65.1 Å². The fourth-order valence-corrected chi connectivity index (χ4v) is 6.10. The van der Waals surface area contributed by atoms with E-state index in [0.29, 0.717) is 22.3 Å². The van der Waals surface area contributed by atoms with Gasteiger partial charge in [0.25, 0.3) is 0 Å². The minimum Gasteiger partial charge on any atom is -0.355 e. The number of nitrogens with one attached hydrogen (secondary N) is 2. The molecule has 2 heterocycles. The van der Waals surface area contributed by atoms with Crippen molar-refractivity contribution in [1.82, 2.24) is 4.98 Å². The summed E-state index contributed by atoms with van der Waals surface area (Å²) in [7, 11) is 0. The number of nitrogens with zero attached hydrogens (tertiary/aromatic N) is 3. The molecule has 0 atom stereocenters. The first-order valence-electron chi connectivity index (χ1n) is 13.2. The molecule has 1 aromatic heterocycles. The SMILES string of the molecule is C/C(=N\C(Nc1ccc(C(F)(F)F)cc1)=C1\CCN(c2ncccc2C(F)(F)F)CCC1=N)SC1CCCCC1. The van der Waals surface area contributed by atoms with Crippen molar-refractivity contribution in [3.8, 4) is 0 Å². The highest BCUT2D eigenvalue weighted by atomic mass is 32.2. The molecule has 40 heavy (non-hydrogen) atoms. The van der Waals surface area contributed by atoms with Crippen LogP contribution in [0.2, 0.25) is 0 Å². The molecule has 5 nitrogen and oxygen atoms in total. The van der Waals surface area contributed by atoms with E-state index in [-0.39, 0.29) is 37.5 Å². The number of aliphatic imine (C=N–C) groups is 1. The number of hydrogen-bond acceptors (Lipinski definition) is 6. The van der Waals surface area contributed by atoms with Gasteiger partial charge in [-0.25, -0.2) is 9.98 Å². The van der Waals surface area contributed by atoms with E-state index in [1.54, 1.807) is 11.8 Å². The fraction of sp³-hybridized carbons (Fsp3) is 0.464. The third kappa shape index (κ3) is 7.80. The lowest BCUT2D eigenvalue weighted by Gasteiger charge is -2.24. The molecule has 1 aromatic carbocycles. The number of aromatic nitrogens is 1. The minimum absolute atomic E-state index is 0.158. The van der Waals surface area contributed by atoms with Gasteiger partial charge in [-0.2, -0.15) is 26.3 Å². The lowest BCUT2D eigenvalue weighted by molar-refractivity contribution is -0.138. The van der Waals surface area contributed by atoms with Crippen LogP contribution in [0.5, 0.6) is 0 Å². The molecule has 1 aliphatic heterocycles. The van der Waals surface area contributed by atoms with Crippen LogP contribution in [0.15, 0.2) is 59.0 Å². The Balaban J connectivity index is 1.65. The number of hydrogen-bond donors (Lipinski definition) is 2. The molecule has 0 bridgehead atoms. The quantitative estimate of drug-likeness (QED) is 0.210. The lowest BCUT2D eigenvalue weighted by Crippen LogP contribution is -2.28. The van der Waals surface area contributed by atoms with Gasteiger partial charge < -0.3 is 15.6 Å². The Morgan fingerprint density at radius 2 is 1.65 bits per heavy atom. The van der Waals surface area contributed by atoms with E-state index in [0.717, 1.165) is 48.9 Å². The Labute approximate surface area is 233 Å².